The number of sulfonamides is 1. The van der Waals surface area contributed by atoms with Crippen molar-refractivity contribution in [1.82, 2.24) is 13.9 Å². The van der Waals surface area contributed by atoms with Crippen LogP contribution in [0.5, 0.6) is 5.75 Å². The Kier molecular flexibility index (Phi) is 9.40. The van der Waals surface area contributed by atoms with E-state index in [1.807, 2.05) is 24.3 Å². The summed E-state index contributed by atoms with van der Waals surface area (Å²) in [6.45, 7) is 12.7. The van der Waals surface area contributed by atoms with E-state index in [2.05, 4.69) is 48.3 Å². The fraction of sp³-hybridized carbons (Fsp3) is 0.500. The van der Waals surface area contributed by atoms with Crippen LogP contribution < -0.4 is 4.74 Å². The predicted octanol–water partition coefficient (Wildman–Crippen LogP) is 6.31. The lowest BCUT2D eigenvalue weighted by atomic mass is 10.1. The highest BCUT2D eigenvalue weighted by Gasteiger charge is 2.37. The van der Waals surface area contributed by atoms with E-state index in [4.69, 9.17) is 14.2 Å². The molecule has 230 valence electrons. The van der Waals surface area contributed by atoms with Crippen molar-refractivity contribution in [2.75, 3.05) is 19.7 Å². The van der Waals surface area contributed by atoms with Gasteiger partial charge < -0.3 is 18.6 Å². The lowest BCUT2D eigenvalue weighted by Gasteiger charge is -2.36. The molecule has 4 rings (SSSR count). The minimum absolute atomic E-state index is 0.106. The molecule has 2 heterocycles. The molecule has 0 N–H and O–H groups in total. The Morgan fingerprint density at radius 3 is 2.26 bits per heavy atom. The van der Waals surface area contributed by atoms with Crippen molar-refractivity contribution in [3.05, 3.63) is 54.4 Å². The first kappa shape index (κ1) is 32.0. The van der Waals surface area contributed by atoms with Crippen molar-refractivity contribution in [2.45, 2.75) is 76.2 Å². The Bertz CT molecular complexity index is 1510. The van der Waals surface area contributed by atoms with Crippen LogP contribution in [0.4, 0.5) is 13.2 Å². The van der Waals surface area contributed by atoms with E-state index in [0.717, 1.165) is 46.8 Å². The number of oxime groups is 1. The molecule has 1 aliphatic heterocycles. The second-order valence-corrected chi connectivity index (χ2v) is 18.4. The molecule has 42 heavy (non-hydrogen) atoms. The Morgan fingerprint density at radius 2 is 1.64 bits per heavy atom. The molecular formula is C28H37F3N4O5SSi. The monoisotopic (exact) mass is 626 g/mol. The van der Waals surface area contributed by atoms with Gasteiger partial charge in [-0.1, -0.05) is 38.1 Å². The number of piperidine rings is 1. The number of fused-ring (bicyclic) bond motifs is 1. The molecule has 0 atom stereocenters. The van der Waals surface area contributed by atoms with Gasteiger partial charge in [-0.25, -0.2) is 13.4 Å². The molecule has 3 aromatic rings. The van der Waals surface area contributed by atoms with Gasteiger partial charge in [-0.3, -0.25) is 0 Å². The number of aromatic nitrogens is 2. The first-order valence-corrected chi connectivity index (χ1v) is 18.0. The van der Waals surface area contributed by atoms with Gasteiger partial charge in [0.25, 0.3) is 0 Å². The van der Waals surface area contributed by atoms with E-state index < -0.39 is 30.5 Å². The summed E-state index contributed by atoms with van der Waals surface area (Å²) in [6.07, 6.45) is -4.12. The number of imidazole rings is 1. The average molecular weight is 627 g/mol. The largest absolute Gasteiger partial charge is 0.573 e. The summed E-state index contributed by atoms with van der Waals surface area (Å²) in [7, 11) is -5.78. The van der Waals surface area contributed by atoms with Crippen LogP contribution in [0.2, 0.25) is 18.1 Å². The highest BCUT2D eigenvalue weighted by Crippen LogP contribution is 2.36. The minimum atomic E-state index is -4.85. The van der Waals surface area contributed by atoms with Crippen molar-refractivity contribution in [1.29, 1.82) is 0 Å². The van der Waals surface area contributed by atoms with Gasteiger partial charge in [0.15, 0.2) is 20.7 Å². The molecule has 0 radical (unpaired) electrons. The first-order valence-electron chi connectivity index (χ1n) is 13.7. The summed E-state index contributed by atoms with van der Waals surface area (Å²) < 4.78 is 76.8. The molecule has 0 saturated carbocycles. The number of ether oxygens (including phenoxy) is 1. The lowest BCUT2D eigenvalue weighted by Crippen LogP contribution is -2.41. The Hall–Kier alpha value is -2.94. The van der Waals surface area contributed by atoms with E-state index >= 15 is 0 Å². The Balaban J connectivity index is 1.35. The van der Waals surface area contributed by atoms with Crippen molar-refractivity contribution < 1.29 is 35.6 Å². The molecule has 1 aromatic heterocycles. The smallest absolute Gasteiger partial charge is 0.415 e. The van der Waals surface area contributed by atoms with Crippen molar-refractivity contribution >= 4 is 35.1 Å². The van der Waals surface area contributed by atoms with Gasteiger partial charge in [-0.2, -0.15) is 4.31 Å². The lowest BCUT2D eigenvalue weighted by molar-refractivity contribution is -0.274. The van der Waals surface area contributed by atoms with Crippen LogP contribution in [0.1, 0.15) is 39.4 Å². The fourth-order valence-electron chi connectivity index (χ4n) is 4.31. The van der Waals surface area contributed by atoms with Crippen LogP contribution in [0.15, 0.2) is 58.6 Å². The van der Waals surface area contributed by atoms with Gasteiger partial charge in [-0.15, -0.1) is 13.2 Å². The van der Waals surface area contributed by atoms with Crippen LogP contribution in [0.25, 0.3) is 11.0 Å². The molecule has 0 amide bonds. The summed E-state index contributed by atoms with van der Waals surface area (Å²) >= 11 is 0. The van der Waals surface area contributed by atoms with E-state index in [1.54, 1.807) is 0 Å². The molecule has 9 nitrogen and oxygen atoms in total. The Labute approximate surface area is 245 Å². The summed E-state index contributed by atoms with van der Waals surface area (Å²) in [6, 6.07) is 12.0. The number of halogens is 3. The van der Waals surface area contributed by atoms with Crippen molar-refractivity contribution in [2.24, 2.45) is 5.16 Å². The van der Waals surface area contributed by atoms with Gasteiger partial charge >= 0.3 is 6.36 Å². The van der Waals surface area contributed by atoms with Crippen molar-refractivity contribution in [3.8, 4) is 5.75 Å². The summed E-state index contributed by atoms with van der Waals surface area (Å²) in [5.74, 6) is 0.237. The van der Waals surface area contributed by atoms with E-state index in [0.29, 0.717) is 26.0 Å². The van der Waals surface area contributed by atoms with Crippen LogP contribution in [0.3, 0.4) is 0 Å². The number of benzene rings is 2. The number of para-hydroxylation sites is 2. The molecule has 2 aromatic carbocycles. The van der Waals surface area contributed by atoms with Crippen LogP contribution >= 0.6 is 0 Å². The molecule has 1 aliphatic rings. The molecule has 14 heteroatoms. The standard InChI is InChI=1S/C28H37F3N4O5SSi/c1-27(2,3)42(4,5)39-19-18-35-25-9-7-6-8-24(25)32-26(35)20-38-33-21-14-16-34(17-15-21)41(36,37)23-12-10-22(11-13-23)40-28(29,30)31/h6-13H,14-20H2,1-5H3. The molecule has 0 aliphatic carbocycles. The van der Waals surface area contributed by atoms with E-state index in [1.165, 1.54) is 4.31 Å². The third-order valence-electron chi connectivity index (χ3n) is 7.70. The molecular weight excluding hydrogens is 589 g/mol. The topological polar surface area (TPSA) is 95.2 Å². The summed E-state index contributed by atoms with van der Waals surface area (Å²) in [5.41, 5.74) is 2.56. The van der Waals surface area contributed by atoms with Crippen LogP contribution in [-0.2, 0) is 32.4 Å². The molecule has 0 unspecified atom stereocenters. The first-order chi connectivity index (χ1) is 19.6. The second-order valence-electron chi connectivity index (χ2n) is 11.6. The SMILES string of the molecule is CC(C)(C)[Si](C)(C)OCCn1c(CON=C2CCN(S(=O)(=O)c3ccc(OC(F)(F)F)cc3)CC2)nc2ccccc21. The van der Waals surface area contributed by atoms with Crippen LogP contribution in [0, 0.1) is 0 Å². The van der Waals surface area contributed by atoms with Crippen LogP contribution in [-0.4, -0.2) is 62.4 Å². The van der Waals surface area contributed by atoms with Gasteiger partial charge in [0.05, 0.1) is 28.2 Å². The highest BCUT2D eigenvalue weighted by molar-refractivity contribution is 7.89. The summed E-state index contributed by atoms with van der Waals surface area (Å²) in [4.78, 5) is 10.3. The van der Waals surface area contributed by atoms with Crippen molar-refractivity contribution in [3.63, 3.8) is 0 Å². The molecule has 1 fully saturated rings. The minimum Gasteiger partial charge on any atom is -0.415 e. The van der Waals surface area contributed by atoms with E-state index in [9.17, 15) is 21.6 Å². The van der Waals surface area contributed by atoms with Gasteiger partial charge in [0.1, 0.15) is 5.75 Å². The zero-order chi connectivity index (χ0) is 30.8. The zero-order valence-electron chi connectivity index (χ0n) is 24.4. The fourth-order valence-corrected chi connectivity index (χ4v) is 6.79. The highest BCUT2D eigenvalue weighted by atomic mass is 32.2. The molecule has 1 saturated heterocycles. The summed E-state index contributed by atoms with van der Waals surface area (Å²) in [5, 5.41) is 4.38. The van der Waals surface area contributed by atoms with E-state index in [-0.39, 0.29) is 29.6 Å². The number of rotatable bonds is 10. The molecule has 0 spiro atoms. The zero-order valence-corrected chi connectivity index (χ0v) is 26.3. The third-order valence-corrected chi connectivity index (χ3v) is 14.2. The quantitative estimate of drug-likeness (QED) is 0.193. The average Bonchev–Trinajstić information content (AvgIpc) is 3.25. The second kappa shape index (κ2) is 12.3. The number of alkyl halides is 3. The maximum absolute atomic E-state index is 13.0. The van der Waals surface area contributed by atoms with Gasteiger partial charge in [0, 0.05) is 32.5 Å². The number of hydrogen-bond acceptors (Lipinski definition) is 7. The third kappa shape index (κ3) is 7.71. The molecule has 0 bridgehead atoms. The van der Waals surface area contributed by atoms with Gasteiger partial charge in [-0.05, 0) is 54.5 Å². The van der Waals surface area contributed by atoms with Gasteiger partial charge in [0.2, 0.25) is 10.0 Å². The maximum atomic E-state index is 13.0. The predicted molar refractivity (Wildman–Crippen MR) is 156 cm³/mol. The Morgan fingerprint density at radius 1 is 1.00 bits per heavy atom. The number of hydrogen-bond donors (Lipinski definition) is 0. The number of nitrogens with zero attached hydrogens (tertiary/aromatic N) is 4. The maximum Gasteiger partial charge on any atom is 0.573 e. The normalized spacial score (nSPS) is 15.7.